The molecular weight excluding hydrogens is 432 g/mol. The molecule has 0 saturated heterocycles. The van der Waals surface area contributed by atoms with Gasteiger partial charge in [0.05, 0.1) is 10.6 Å². The number of anilines is 2. The molecule has 1 aromatic heterocycles. The number of nitro benzene ring substituents is 1. The van der Waals surface area contributed by atoms with Crippen LogP contribution in [0.4, 0.5) is 17.1 Å². The predicted octanol–water partition coefficient (Wildman–Crippen LogP) is 5.04. The third kappa shape index (κ3) is 4.45. The van der Waals surface area contributed by atoms with Crippen LogP contribution in [0.25, 0.3) is 16.7 Å². The molecular formula is C25H26N6O3. The van der Waals surface area contributed by atoms with Gasteiger partial charge >= 0.3 is 0 Å². The topological polar surface area (TPSA) is 106 Å². The molecule has 0 spiro atoms. The van der Waals surface area contributed by atoms with Crippen molar-refractivity contribution in [3.05, 3.63) is 81.4 Å². The quantitative estimate of drug-likeness (QED) is 0.307. The summed E-state index contributed by atoms with van der Waals surface area (Å²) in [6, 6.07) is 15.5. The molecule has 0 fully saturated rings. The Balaban J connectivity index is 1.63. The van der Waals surface area contributed by atoms with Crippen LogP contribution < -0.4 is 10.2 Å². The van der Waals surface area contributed by atoms with Gasteiger partial charge in [0.15, 0.2) is 0 Å². The van der Waals surface area contributed by atoms with Gasteiger partial charge in [0.25, 0.3) is 11.6 Å². The first kappa shape index (κ1) is 22.9. The Morgan fingerprint density at radius 3 is 2.35 bits per heavy atom. The molecule has 34 heavy (non-hydrogen) atoms. The zero-order chi connectivity index (χ0) is 24.4. The average Bonchev–Trinajstić information content (AvgIpc) is 3.22. The highest BCUT2D eigenvalue weighted by atomic mass is 16.6. The number of aromatic nitrogens is 3. The Bertz CT molecular complexity index is 1390. The molecule has 174 valence electrons. The largest absolute Gasteiger partial charge is 0.372 e. The summed E-state index contributed by atoms with van der Waals surface area (Å²) < 4.78 is 0. The van der Waals surface area contributed by atoms with E-state index >= 15 is 0 Å². The maximum absolute atomic E-state index is 12.7. The Morgan fingerprint density at radius 2 is 1.71 bits per heavy atom. The van der Waals surface area contributed by atoms with Crippen LogP contribution in [0, 0.1) is 24.0 Å². The summed E-state index contributed by atoms with van der Waals surface area (Å²) >= 11 is 0. The minimum Gasteiger partial charge on any atom is -0.372 e. The summed E-state index contributed by atoms with van der Waals surface area (Å²) in [4.78, 5) is 27.1. The molecule has 4 aromatic rings. The molecule has 0 saturated carbocycles. The molecule has 4 rings (SSSR count). The van der Waals surface area contributed by atoms with E-state index < -0.39 is 10.8 Å². The molecule has 0 aliphatic carbocycles. The molecule has 3 aromatic carbocycles. The van der Waals surface area contributed by atoms with E-state index in [9.17, 15) is 14.9 Å². The van der Waals surface area contributed by atoms with Crippen molar-refractivity contribution >= 4 is 34.0 Å². The zero-order valence-corrected chi connectivity index (χ0v) is 19.6. The summed E-state index contributed by atoms with van der Waals surface area (Å²) in [5.41, 5.74) is 5.89. The van der Waals surface area contributed by atoms with Crippen molar-refractivity contribution in [1.82, 2.24) is 15.0 Å². The number of fused-ring (bicyclic) bond motifs is 1. The van der Waals surface area contributed by atoms with Gasteiger partial charge in [0.2, 0.25) is 0 Å². The van der Waals surface area contributed by atoms with Gasteiger partial charge in [-0.05, 0) is 75.2 Å². The van der Waals surface area contributed by atoms with E-state index in [1.165, 1.54) is 24.3 Å². The average molecular weight is 459 g/mol. The summed E-state index contributed by atoms with van der Waals surface area (Å²) in [6.07, 6.45) is 0. The van der Waals surface area contributed by atoms with E-state index in [0.29, 0.717) is 16.7 Å². The second-order valence-corrected chi connectivity index (χ2v) is 8.05. The van der Waals surface area contributed by atoms with Gasteiger partial charge in [0.1, 0.15) is 11.0 Å². The third-order valence-corrected chi connectivity index (χ3v) is 5.82. The van der Waals surface area contributed by atoms with Crippen LogP contribution in [-0.2, 0) is 0 Å². The standard InChI is InChI=1S/C25H26N6O3/c1-5-29(6-2)19-10-11-24(17(4)12-19)30-27-22-13-16(3)21(15-23(22)28-30)26-25(32)18-8-7-9-20(14-18)31(33)34/h7-15H,5-6H2,1-4H3,(H,26,32). The number of carbonyl (C=O) groups is 1. The highest BCUT2D eigenvalue weighted by Gasteiger charge is 2.15. The summed E-state index contributed by atoms with van der Waals surface area (Å²) in [5.74, 6) is -0.429. The monoisotopic (exact) mass is 458 g/mol. The minimum atomic E-state index is -0.525. The highest BCUT2D eigenvalue weighted by Crippen LogP contribution is 2.25. The van der Waals surface area contributed by atoms with Gasteiger partial charge < -0.3 is 10.2 Å². The smallest absolute Gasteiger partial charge is 0.270 e. The number of hydrogen-bond acceptors (Lipinski definition) is 6. The number of amides is 1. The molecule has 0 aliphatic heterocycles. The highest BCUT2D eigenvalue weighted by molar-refractivity contribution is 6.05. The van der Waals surface area contributed by atoms with Crippen molar-refractivity contribution in [2.45, 2.75) is 27.7 Å². The predicted molar refractivity (Wildman–Crippen MR) is 133 cm³/mol. The van der Waals surface area contributed by atoms with Crippen LogP contribution in [0.2, 0.25) is 0 Å². The Kier molecular flexibility index (Phi) is 6.27. The molecule has 0 aliphatic rings. The maximum atomic E-state index is 12.7. The lowest BCUT2D eigenvalue weighted by molar-refractivity contribution is -0.384. The van der Waals surface area contributed by atoms with Crippen LogP contribution in [-0.4, -0.2) is 38.9 Å². The number of hydrogen-bond donors (Lipinski definition) is 1. The molecule has 9 nitrogen and oxygen atoms in total. The number of non-ortho nitro benzene ring substituents is 1. The first-order valence-electron chi connectivity index (χ1n) is 11.1. The van der Waals surface area contributed by atoms with E-state index in [1.54, 1.807) is 10.9 Å². The van der Waals surface area contributed by atoms with Gasteiger partial charge in [-0.1, -0.05) is 6.07 Å². The lowest BCUT2D eigenvalue weighted by Crippen LogP contribution is -2.21. The van der Waals surface area contributed by atoms with E-state index in [4.69, 9.17) is 0 Å². The molecule has 0 bridgehead atoms. The second kappa shape index (κ2) is 9.30. The van der Waals surface area contributed by atoms with Crippen LogP contribution in [0.5, 0.6) is 0 Å². The first-order chi connectivity index (χ1) is 16.3. The second-order valence-electron chi connectivity index (χ2n) is 8.05. The first-order valence-corrected chi connectivity index (χ1v) is 11.1. The Morgan fingerprint density at radius 1 is 1.00 bits per heavy atom. The fourth-order valence-electron chi connectivity index (χ4n) is 3.92. The summed E-state index contributed by atoms with van der Waals surface area (Å²) in [5, 5.41) is 23.1. The maximum Gasteiger partial charge on any atom is 0.270 e. The van der Waals surface area contributed by atoms with Gasteiger partial charge in [-0.3, -0.25) is 14.9 Å². The number of aryl methyl sites for hydroxylation is 2. The van der Waals surface area contributed by atoms with Crippen molar-refractivity contribution < 1.29 is 9.72 Å². The van der Waals surface area contributed by atoms with Gasteiger partial charge in [-0.2, -0.15) is 4.80 Å². The van der Waals surface area contributed by atoms with Crippen molar-refractivity contribution in [3.63, 3.8) is 0 Å². The summed E-state index contributed by atoms with van der Waals surface area (Å²) in [6.45, 7) is 10.0. The van der Waals surface area contributed by atoms with E-state index in [-0.39, 0.29) is 11.3 Å². The molecule has 0 unspecified atom stereocenters. The fourth-order valence-corrected chi connectivity index (χ4v) is 3.92. The number of nitrogens with zero attached hydrogens (tertiary/aromatic N) is 5. The zero-order valence-electron chi connectivity index (χ0n) is 19.6. The van der Waals surface area contributed by atoms with Gasteiger partial charge in [-0.25, -0.2) is 0 Å². The Hall–Kier alpha value is -4.27. The van der Waals surface area contributed by atoms with E-state index in [1.807, 2.05) is 26.0 Å². The van der Waals surface area contributed by atoms with Crippen LogP contribution in [0.3, 0.4) is 0 Å². The number of nitrogens with one attached hydrogen (secondary N) is 1. The molecule has 1 amide bonds. The van der Waals surface area contributed by atoms with Crippen LogP contribution in [0.15, 0.2) is 54.6 Å². The lowest BCUT2D eigenvalue weighted by atomic mass is 10.1. The molecule has 0 radical (unpaired) electrons. The number of rotatable bonds is 7. The number of benzene rings is 3. The fraction of sp³-hybridized carbons (Fsp3) is 0.240. The molecule has 1 N–H and O–H groups in total. The van der Waals surface area contributed by atoms with E-state index in [0.717, 1.165) is 35.6 Å². The molecule has 1 heterocycles. The van der Waals surface area contributed by atoms with Gasteiger partial charge in [-0.15, -0.1) is 10.2 Å². The number of nitro groups is 1. The number of carbonyl (C=O) groups excluding carboxylic acids is 1. The van der Waals surface area contributed by atoms with E-state index in [2.05, 4.69) is 46.4 Å². The third-order valence-electron chi connectivity index (χ3n) is 5.82. The lowest BCUT2D eigenvalue weighted by Gasteiger charge is -2.22. The Labute approximate surface area is 197 Å². The van der Waals surface area contributed by atoms with Crippen molar-refractivity contribution in [2.24, 2.45) is 0 Å². The SMILES string of the molecule is CCN(CC)c1ccc(-n2nc3cc(C)c(NC(=O)c4cccc([N+](=O)[O-])c4)cc3n2)c(C)c1. The van der Waals surface area contributed by atoms with Gasteiger partial charge in [0, 0.05) is 42.2 Å². The summed E-state index contributed by atoms with van der Waals surface area (Å²) in [7, 11) is 0. The molecule has 0 atom stereocenters. The van der Waals surface area contributed by atoms with Crippen molar-refractivity contribution in [1.29, 1.82) is 0 Å². The molecule has 9 heteroatoms. The van der Waals surface area contributed by atoms with Crippen LogP contribution >= 0.6 is 0 Å². The van der Waals surface area contributed by atoms with Crippen molar-refractivity contribution in [2.75, 3.05) is 23.3 Å². The normalized spacial score (nSPS) is 10.9. The minimum absolute atomic E-state index is 0.134. The van der Waals surface area contributed by atoms with Crippen molar-refractivity contribution in [3.8, 4) is 5.69 Å². The van der Waals surface area contributed by atoms with Crippen LogP contribution in [0.1, 0.15) is 35.3 Å².